The van der Waals surface area contributed by atoms with Crippen molar-refractivity contribution in [1.82, 2.24) is 9.80 Å². The number of amides is 2. The van der Waals surface area contributed by atoms with Gasteiger partial charge in [0.15, 0.2) is 0 Å². The lowest BCUT2D eigenvalue weighted by Gasteiger charge is -2.36. The molecule has 1 N–H and O–H groups in total. The summed E-state index contributed by atoms with van der Waals surface area (Å²) in [5.74, 6) is 0.104. The van der Waals surface area contributed by atoms with Gasteiger partial charge < -0.3 is 10.0 Å². The minimum atomic E-state index is -0.898. The van der Waals surface area contributed by atoms with E-state index >= 15 is 0 Å². The van der Waals surface area contributed by atoms with Crippen molar-refractivity contribution in [3.05, 3.63) is 0 Å². The predicted octanol–water partition coefficient (Wildman–Crippen LogP) is 1.69. The van der Waals surface area contributed by atoms with Gasteiger partial charge in [0, 0.05) is 18.8 Å². The van der Waals surface area contributed by atoms with Crippen LogP contribution >= 0.6 is 11.8 Å². The number of carbonyl (C=O) groups is 2. The monoisotopic (exact) mass is 272 g/mol. The predicted molar refractivity (Wildman–Crippen MR) is 70.5 cm³/mol. The fraction of sp³-hybridized carbons (Fsp3) is 0.833. The van der Waals surface area contributed by atoms with Gasteiger partial charge in [0.25, 0.3) is 0 Å². The van der Waals surface area contributed by atoms with E-state index in [-0.39, 0.29) is 11.4 Å². The van der Waals surface area contributed by atoms with Crippen LogP contribution in [0.2, 0.25) is 0 Å². The van der Waals surface area contributed by atoms with E-state index in [9.17, 15) is 14.7 Å². The van der Waals surface area contributed by atoms with Crippen molar-refractivity contribution < 1.29 is 14.7 Å². The molecule has 2 saturated heterocycles. The van der Waals surface area contributed by atoms with Gasteiger partial charge in [0.2, 0.25) is 0 Å². The van der Waals surface area contributed by atoms with E-state index in [0.717, 1.165) is 25.9 Å². The molecule has 2 aliphatic rings. The maximum atomic E-state index is 12.4. The average Bonchev–Trinajstić information content (AvgIpc) is 2.70. The number of hydrogen-bond acceptors (Lipinski definition) is 3. The molecule has 0 aromatic heterocycles. The molecule has 18 heavy (non-hydrogen) atoms. The molecule has 0 aromatic rings. The lowest BCUT2D eigenvalue weighted by Crippen LogP contribution is -2.53. The third-order valence-electron chi connectivity index (χ3n) is 3.66. The largest absolute Gasteiger partial charge is 0.480 e. The molecular formula is C12H20N2O3S. The third kappa shape index (κ3) is 2.58. The molecule has 2 fully saturated rings. The molecule has 2 amide bonds. The Labute approximate surface area is 112 Å². The molecule has 0 saturated carbocycles. The van der Waals surface area contributed by atoms with Crippen LogP contribution in [-0.2, 0) is 4.79 Å². The van der Waals surface area contributed by atoms with E-state index in [0.29, 0.717) is 11.7 Å². The highest BCUT2D eigenvalue weighted by molar-refractivity contribution is 8.00. The van der Waals surface area contributed by atoms with Crippen LogP contribution < -0.4 is 0 Å². The number of aliphatic carboxylic acids is 1. The van der Waals surface area contributed by atoms with Gasteiger partial charge in [-0.2, -0.15) is 0 Å². The highest BCUT2D eigenvalue weighted by atomic mass is 32.2. The van der Waals surface area contributed by atoms with Gasteiger partial charge in [-0.05, 0) is 25.7 Å². The summed E-state index contributed by atoms with van der Waals surface area (Å²) in [6, 6.07) is -0.777. The second-order valence-corrected chi connectivity index (χ2v) is 6.52. The quantitative estimate of drug-likeness (QED) is 0.789. The van der Waals surface area contributed by atoms with E-state index in [1.54, 1.807) is 0 Å². The van der Waals surface area contributed by atoms with E-state index in [1.165, 1.54) is 16.7 Å². The van der Waals surface area contributed by atoms with Crippen LogP contribution in [-0.4, -0.2) is 57.2 Å². The summed E-state index contributed by atoms with van der Waals surface area (Å²) >= 11 is 1.53. The first kappa shape index (κ1) is 13.5. The minimum Gasteiger partial charge on any atom is -0.480 e. The van der Waals surface area contributed by atoms with Gasteiger partial charge in [-0.1, -0.05) is 6.92 Å². The van der Waals surface area contributed by atoms with Gasteiger partial charge >= 0.3 is 12.0 Å². The molecule has 3 unspecified atom stereocenters. The smallest absolute Gasteiger partial charge is 0.327 e. The van der Waals surface area contributed by atoms with Crippen molar-refractivity contribution in [2.24, 2.45) is 5.92 Å². The summed E-state index contributed by atoms with van der Waals surface area (Å²) in [4.78, 5) is 27.0. The molecule has 3 atom stereocenters. The highest BCUT2D eigenvalue weighted by Crippen LogP contribution is 2.30. The molecule has 6 heteroatoms. The van der Waals surface area contributed by atoms with Crippen LogP contribution in [0.25, 0.3) is 0 Å². The van der Waals surface area contributed by atoms with Gasteiger partial charge in [0.1, 0.15) is 6.04 Å². The Morgan fingerprint density at radius 1 is 1.33 bits per heavy atom. The first-order chi connectivity index (χ1) is 8.50. The molecule has 0 radical (unpaired) electrons. The van der Waals surface area contributed by atoms with Crippen molar-refractivity contribution in [3.63, 3.8) is 0 Å². The topological polar surface area (TPSA) is 60.9 Å². The number of nitrogens with zero attached hydrogens (tertiary/aromatic N) is 2. The number of hydrogen-bond donors (Lipinski definition) is 1. The zero-order chi connectivity index (χ0) is 13.3. The summed E-state index contributed by atoms with van der Waals surface area (Å²) in [6.07, 6.45) is 2.16. The van der Waals surface area contributed by atoms with Crippen LogP contribution in [0.15, 0.2) is 0 Å². The van der Waals surface area contributed by atoms with Crippen molar-refractivity contribution >= 4 is 23.8 Å². The fourth-order valence-corrected chi connectivity index (χ4v) is 3.81. The van der Waals surface area contributed by atoms with Crippen LogP contribution in [0.3, 0.4) is 0 Å². The Balaban J connectivity index is 2.08. The lowest BCUT2D eigenvalue weighted by atomic mass is 10.0. The summed E-state index contributed by atoms with van der Waals surface area (Å²) in [6.45, 7) is 5.54. The normalized spacial score (nSPS) is 32.7. The van der Waals surface area contributed by atoms with Crippen molar-refractivity contribution in [3.8, 4) is 0 Å². The molecule has 2 aliphatic heterocycles. The van der Waals surface area contributed by atoms with Gasteiger partial charge in [-0.3, -0.25) is 4.90 Å². The molecule has 102 valence electrons. The van der Waals surface area contributed by atoms with Crippen LogP contribution in [0, 0.1) is 5.92 Å². The molecule has 2 rings (SSSR count). The molecule has 2 heterocycles. The van der Waals surface area contributed by atoms with Gasteiger partial charge in [0.05, 0.1) is 5.37 Å². The van der Waals surface area contributed by atoms with Crippen LogP contribution in [0.5, 0.6) is 0 Å². The van der Waals surface area contributed by atoms with Gasteiger partial charge in [-0.15, -0.1) is 11.8 Å². The Kier molecular flexibility index (Phi) is 4.04. The molecule has 5 nitrogen and oxygen atoms in total. The summed E-state index contributed by atoms with van der Waals surface area (Å²) < 4.78 is 0. The lowest BCUT2D eigenvalue weighted by molar-refractivity contribution is -0.141. The number of carboxylic acid groups (broad SMARTS) is 1. The number of urea groups is 1. The maximum absolute atomic E-state index is 12.4. The van der Waals surface area contributed by atoms with E-state index < -0.39 is 12.0 Å². The van der Waals surface area contributed by atoms with Crippen molar-refractivity contribution in [2.45, 2.75) is 38.1 Å². The first-order valence-corrected chi connectivity index (χ1v) is 7.47. The minimum absolute atomic E-state index is 0.0455. The Hall–Kier alpha value is -0.910. The number of likely N-dealkylation sites (tertiary alicyclic amines) is 1. The molecule has 0 aliphatic carbocycles. The fourth-order valence-electron chi connectivity index (χ4n) is 2.65. The zero-order valence-electron chi connectivity index (χ0n) is 10.8. The number of thioether (sulfide) groups is 1. The van der Waals surface area contributed by atoms with Gasteiger partial charge in [-0.25, -0.2) is 9.59 Å². The maximum Gasteiger partial charge on any atom is 0.327 e. The zero-order valence-corrected chi connectivity index (χ0v) is 11.7. The Morgan fingerprint density at radius 3 is 2.67 bits per heavy atom. The highest BCUT2D eigenvalue weighted by Gasteiger charge is 2.41. The standard InChI is InChI=1S/C12H20N2O3S/c1-8-4-3-5-13(6-8)12(17)14-9(2)18-7-10(14)11(15)16/h8-10H,3-7H2,1-2H3,(H,15,16). The molecule has 0 aromatic carbocycles. The summed E-state index contributed by atoms with van der Waals surface area (Å²) in [5.41, 5.74) is 0. The third-order valence-corrected chi connectivity index (χ3v) is 4.87. The van der Waals surface area contributed by atoms with Crippen LogP contribution in [0.1, 0.15) is 26.7 Å². The van der Waals surface area contributed by atoms with E-state index in [4.69, 9.17) is 0 Å². The first-order valence-electron chi connectivity index (χ1n) is 6.42. The molecule has 0 spiro atoms. The number of rotatable bonds is 1. The van der Waals surface area contributed by atoms with Crippen molar-refractivity contribution in [1.29, 1.82) is 0 Å². The Morgan fingerprint density at radius 2 is 2.06 bits per heavy atom. The van der Waals surface area contributed by atoms with Crippen LogP contribution in [0.4, 0.5) is 4.79 Å². The average molecular weight is 272 g/mol. The SMILES string of the molecule is CC1CCCN(C(=O)N2C(C)SCC2C(=O)O)C1. The molecule has 0 bridgehead atoms. The Bertz CT molecular complexity index is 350. The second-order valence-electron chi connectivity index (χ2n) is 5.17. The summed E-state index contributed by atoms with van der Waals surface area (Å²) in [7, 11) is 0. The van der Waals surface area contributed by atoms with Crippen molar-refractivity contribution in [2.75, 3.05) is 18.8 Å². The number of carbonyl (C=O) groups excluding carboxylic acids is 1. The van der Waals surface area contributed by atoms with E-state index in [1.807, 2.05) is 11.8 Å². The van der Waals surface area contributed by atoms with E-state index in [2.05, 4.69) is 6.92 Å². The second kappa shape index (κ2) is 5.38. The number of carboxylic acids is 1. The molecular weight excluding hydrogens is 252 g/mol. The number of piperidine rings is 1. The summed E-state index contributed by atoms with van der Waals surface area (Å²) in [5, 5.41) is 9.13.